The normalized spacial score (nSPS) is 12.7. The van der Waals surface area contributed by atoms with Crippen LogP contribution < -0.4 is 25.4 Å². The molecule has 0 bridgehead atoms. The fourth-order valence-electron chi connectivity index (χ4n) is 6.18. The van der Waals surface area contributed by atoms with E-state index in [2.05, 4.69) is 28.1 Å². The quantitative estimate of drug-likeness (QED) is 0.107. The highest BCUT2D eigenvalue weighted by Gasteiger charge is 2.31. The van der Waals surface area contributed by atoms with Gasteiger partial charge in [0.05, 0.1) is 13.7 Å². The van der Waals surface area contributed by atoms with E-state index in [1.807, 2.05) is 73.5 Å². The van der Waals surface area contributed by atoms with Crippen LogP contribution in [0.4, 0.5) is 4.79 Å². The molecular weight excluding hydrogens is 676 g/mol. The van der Waals surface area contributed by atoms with Crippen LogP contribution >= 0.6 is 0 Å². The van der Waals surface area contributed by atoms with Crippen LogP contribution in [0.1, 0.15) is 76.0 Å². The Morgan fingerprint density at radius 1 is 0.887 bits per heavy atom. The van der Waals surface area contributed by atoms with E-state index in [0.717, 1.165) is 27.8 Å². The minimum absolute atomic E-state index is 0.00413. The minimum Gasteiger partial charge on any atom is -0.496 e. The first kappa shape index (κ1) is 40.7. The molecule has 3 N–H and O–H groups in total. The van der Waals surface area contributed by atoms with E-state index < -0.39 is 23.7 Å². The van der Waals surface area contributed by atoms with Crippen molar-refractivity contribution < 1.29 is 38.1 Å². The molecule has 1 aliphatic rings. The average molecular weight is 731 g/mol. The maximum atomic E-state index is 13.1. The number of hydrogen-bond donors (Lipinski definition) is 3. The lowest BCUT2D eigenvalue weighted by Crippen LogP contribution is -2.45. The fourth-order valence-corrected chi connectivity index (χ4v) is 6.18. The SMILES string of the molecule is CCNC(=O)CCCOc1ccc(CN(C)CCNC(=O)CC[C@H](NC(=O)OCC2c3ccccc3-c3ccccc32)C(=O)OC(C)(C)C)c(OC)c1. The van der Waals surface area contributed by atoms with Gasteiger partial charge in [-0.15, -0.1) is 0 Å². The van der Waals surface area contributed by atoms with Gasteiger partial charge < -0.3 is 39.8 Å². The van der Waals surface area contributed by atoms with Crippen LogP contribution in [0.25, 0.3) is 11.1 Å². The number of carbonyl (C=O) groups is 4. The molecule has 286 valence electrons. The van der Waals surface area contributed by atoms with Crippen molar-refractivity contribution in [1.29, 1.82) is 0 Å². The summed E-state index contributed by atoms with van der Waals surface area (Å²) in [5.74, 6) is 0.328. The first-order chi connectivity index (χ1) is 25.4. The van der Waals surface area contributed by atoms with Crippen LogP contribution in [-0.2, 0) is 30.4 Å². The van der Waals surface area contributed by atoms with E-state index in [1.165, 1.54) is 0 Å². The highest BCUT2D eigenvalue weighted by molar-refractivity contribution is 5.83. The topological polar surface area (TPSA) is 145 Å². The molecule has 12 heteroatoms. The zero-order chi connectivity index (χ0) is 38.4. The Labute approximate surface area is 312 Å². The van der Waals surface area contributed by atoms with Gasteiger partial charge in [0, 0.05) is 56.6 Å². The molecule has 0 saturated carbocycles. The molecule has 1 aliphatic carbocycles. The van der Waals surface area contributed by atoms with Crippen molar-refractivity contribution in [3.8, 4) is 22.6 Å². The summed E-state index contributed by atoms with van der Waals surface area (Å²) in [5, 5.41) is 8.32. The summed E-state index contributed by atoms with van der Waals surface area (Å²) in [6, 6.07) is 20.7. The summed E-state index contributed by atoms with van der Waals surface area (Å²) < 4.78 is 22.6. The number of rotatable bonds is 19. The van der Waals surface area contributed by atoms with E-state index in [1.54, 1.807) is 27.9 Å². The molecule has 53 heavy (non-hydrogen) atoms. The van der Waals surface area contributed by atoms with Crippen molar-refractivity contribution in [2.75, 3.05) is 47.0 Å². The van der Waals surface area contributed by atoms with Crippen LogP contribution in [0, 0.1) is 0 Å². The van der Waals surface area contributed by atoms with Crippen molar-refractivity contribution in [3.05, 3.63) is 83.4 Å². The monoisotopic (exact) mass is 730 g/mol. The van der Waals surface area contributed by atoms with E-state index >= 15 is 0 Å². The highest BCUT2D eigenvalue weighted by atomic mass is 16.6. The lowest BCUT2D eigenvalue weighted by Gasteiger charge is -2.24. The van der Waals surface area contributed by atoms with Gasteiger partial charge in [-0.1, -0.05) is 54.6 Å². The van der Waals surface area contributed by atoms with Crippen LogP contribution in [0.15, 0.2) is 66.7 Å². The summed E-state index contributed by atoms with van der Waals surface area (Å²) in [6.45, 7) is 9.75. The predicted octanol–water partition coefficient (Wildman–Crippen LogP) is 5.57. The van der Waals surface area contributed by atoms with E-state index in [0.29, 0.717) is 57.1 Å². The Morgan fingerprint density at radius 3 is 2.19 bits per heavy atom. The first-order valence-electron chi connectivity index (χ1n) is 18.2. The molecular formula is C41H54N4O8. The van der Waals surface area contributed by atoms with Gasteiger partial charge in [-0.05, 0) is 75.9 Å². The number of hydrogen-bond acceptors (Lipinski definition) is 9. The summed E-state index contributed by atoms with van der Waals surface area (Å²) in [5.41, 5.74) is 4.56. The molecule has 3 aromatic carbocycles. The Hall–Kier alpha value is -5.10. The van der Waals surface area contributed by atoms with Gasteiger partial charge in [0.2, 0.25) is 11.8 Å². The molecule has 0 aliphatic heterocycles. The smallest absolute Gasteiger partial charge is 0.407 e. The maximum absolute atomic E-state index is 13.1. The fraction of sp³-hybridized carbons (Fsp3) is 0.463. The lowest BCUT2D eigenvalue weighted by molar-refractivity contribution is -0.157. The molecule has 0 fully saturated rings. The summed E-state index contributed by atoms with van der Waals surface area (Å²) in [7, 11) is 3.54. The lowest BCUT2D eigenvalue weighted by atomic mass is 9.98. The standard InChI is InChI=1S/C41H54N4O8/c1-7-42-37(46)17-12-24-51-29-19-18-28(36(25-29)50-6)26-45(5)23-22-43-38(47)21-20-35(39(48)53-41(2,3)4)44-40(49)52-27-34-32-15-10-8-13-30(32)31-14-9-11-16-33(31)34/h8-11,13-16,18-19,25,34-35H,7,12,17,20-24,26-27H2,1-6H3,(H,42,46)(H,43,47)(H,44,49)/t35-/m0/s1. The predicted molar refractivity (Wildman–Crippen MR) is 203 cm³/mol. The number of alkyl carbamates (subject to hydrolysis) is 1. The molecule has 0 saturated heterocycles. The minimum atomic E-state index is -1.07. The second-order valence-electron chi connectivity index (χ2n) is 14.1. The Kier molecular flexibility index (Phi) is 15.1. The molecule has 0 unspecified atom stereocenters. The third-order valence-electron chi connectivity index (χ3n) is 8.69. The molecule has 1 atom stereocenters. The first-order valence-corrected chi connectivity index (χ1v) is 18.2. The Bertz CT molecular complexity index is 1660. The van der Waals surface area contributed by atoms with Gasteiger partial charge in [-0.3, -0.25) is 9.59 Å². The molecule has 3 aromatic rings. The molecule has 3 amide bonds. The molecule has 0 aromatic heterocycles. The number of fused-ring (bicyclic) bond motifs is 3. The molecule has 0 heterocycles. The number of amides is 3. The van der Waals surface area contributed by atoms with Crippen LogP contribution in [-0.4, -0.2) is 87.4 Å². The molecule has 0 spiro atoms. The zero-order valence-electron chi connectivity index (χ0n) is 31.8. The van der Waals surface area contributed by atoms with Crippen LogP contribution in [0.5, 0.6) is 11.5 Å². The van der Waals surface area contributed by atoms with Crippen molar-refractivity contribution in [1.82, 2.24) is 20.9 Å². The second kappa shape index (κ2) is 19.7. The number of benzene rings is 3. The van der Waals surface area contributed by atoms with E-state index in [9.17, 15) is 19.2 Å². The van der Waals surface area contributed by atoms with E-state index in [-0.39, 0.29) is 37.2 Å². The van der Waals surface area contributed by atoms with Gasteiger partial charge in [-0.2, -0.15) is 0 Å². The van der Waals surface area contributed by atoms with Crippen LogP contribution in [0.2, 0.25) is 0 Å². The maximum Gasteiger partial charge on any atom is 0.407 e. The number of nitrogens with one attached hydrogen (secondary N) is 3. The van der Waals surface area contributed by atoms with Crippen LogP contribution in [0.3, 0.4) is 0 Å². The van der Waals surface area contributed by atoms with Crippen molar-refractivity contribution in [2.45, 2.75) is 77.5 Å². The van der Waals surface area contributed by atoms with Gasteiger partial charge in [0.1, 0.15) is 29.7 Å². The molecule has 0 radical (unpaired) electrons. The third-order valence-corrected chi connectivity index (χ3v) is 8.69. The highest BCUT2D eigenvalue weighted by Crippen LogP contribution is 2.44. The zero-order valence-corrected chi connectivity index (χ0v) is 31.8. The summed E-state index contributed by atoms with van der Waals surface area (Å²) >= 11 is 0. The van der Waals surface area contributed by atoms with Gasteiger partial charge in [0.25, 0.3) is 0 Å². The van der Waals surface area contributed by atoms with Gasteiger partial charge in [0.15, 0.2) is 0 Å². The second-order valence-corrected chi connectivity index (χ2v) is 14.1. The van der Waals surface area contributed by atoms with Crippen molar-refractivity contribution in [3.63, 3.8) is 0 Å². The number of methoxy groups -OCH3 is 1. The largest absolute Gasteiger partial charge is 0.496 e. The van der Waals surface area contributed by atoms with Crippen molar-refractivity contribution >= 4 is 23.9 Å². The number of esters is 1. The Morgan fingerprint density at radius 2 is 1.55 bits per heavy atom. The van der Waals surface area contributed by atoms with Crippen molar-refractivity contribution in [2.24, 2.45) is 0 Å². The summed E-state index contributed by atoms with van der Waals surface area (Å²) in [6.07, 6.45) is 0.304. The third kappa shape index (κ3) is 12.5. The van der Waals surface area contributed by atoms with Gasteiger partial charge >= 0.3 is 12.1 Å². The average Bonchev–Trinajstić information content (AvgIpc) is 3.44. The number of nitrogens with zero attached hydrogens (tertiary/aromatic N) is 1. The number of likely N-dealkylation sites (N-methyl/N-ethyl adjacent to an activating group) is 1. The van der Waals surface area contributed by atoms with E-state index in [4.69, 9.17) is 18.9 Å². The molecule has 12 nitrogen and oxygen atoms in total. The summed E-state index contributed by atoms with van der Waals surface area (Å²) in [4.78, 5) is 52.7. The molecule has 4 rings (SSSR count). The van der Waals surface area contributed by atoms with Gasteiger partial charge in [-0.25, -0.2) is 9.59 Å². The number of ether oxygens (including phenoxy) is 4. The Balaban J connectivity index is 1.23. The number of carbonyl (C=O) groups excluding carboxylic acids is 4.